The average molecular weight is 351 g/mol. The fraction of sp³-hybridized carbons (Fsp3) is 0.167. The Morgan fingerprint density at radius 2 is 1.96 bits per heavy atom. The number of benzene rings is 1. The van der Waals surface area contributed by atoms with Crippen molar-refractivity contribution in [3.05, 3.63) is 53.9 Å². The topological polar surface area (TPSA) is 75.8 Å². The minimum atomic E-state index is 0.615. The number of nitrogens with zero attached hydrogens (tertiary/aromatic N) is 4. The van der Waals surface area contributed by atoms with Gasteiger partial charge in [0.25, 0.3) is 0 Å². The first-order valence-electron chi connectivity index (χ1n) is 7.62. The van der Waals surface area contributed by atoms with Gasteiger partial charge in [-0.25, -0.2) is 4.98 Å². The zero-order valence-electron chi connectivity index (χ0n) is 14.1. The molecule has 0 atom stereocenters. The lowest BCUT2D eigenvalue weighted by Crippen LogP contribution is -2.03. The largest absolute Gasteiger partial charge is 0.480 e. The summed E-state index contributed by atoms with van der Waals surface area (Å²) in [5, 5.41) is 13.6. The molecule has 0 aliphatic rings. The molecular weight excluding hydrogens is 334 g/mol. The van der Waals surface area contributed by atoms with Crippen LogP contribution in [0.1, 0.15) is 11.3 Å². The highest BCUT2D eigenvalue weighted by molar-refractivity contribution is 7.97. The van der Waals surface area contributed by atoms with E-state index in [0.717, 1.165) is 21.7 Å². The van der Waals surface area contributed by atoms with Crippen LogP contribution in [0.25, 0.3) is 16.9 Å². The number of methoxy groups -OCH3 is 1. The van der Waals surface area contributed by atoms with Crippen molar-refractivity contribution in [3.8, 4) is 28.9 Å². The Bertz CT molecular complexity index is 910. The van der Waals surface area contributed by atoms with Gasteiger partial charge in [-0.1, -0.05) is 12.1 Å². The van der Waals surface area contributed by atoms with Gasteiger partial charge in [0.1, 0.15) is 0 Å². The minimum absolute atomic E-state index is 0.615. The summed E-state index contributed by atoms with van der Waals surface area (Å²) in [5.74, 6) is 1.30. The first kappa shape index (κ1) is 17.0. The van der Waals surface area contributed by atoms with E-state index >= 15 is 0 Å². The van der Waals surface area contributed by atoms with E-state index < -0.39 is 0 Å². The minimum Gasteiger partial charge on any atom is -0.480 e. The third-order valence-corrected chi connectivity index (χ3v) is 4.35. The third kappa shape index (κ3) is 3.36. The molecule has 0 saturated carbocycles. The van der Waals surface area contributed by atoms with E-state index in [0.29, 0.717) is 17.3 Å². The van der Waals surface area contributed by atoms with Crippen LogP contribution in [0.2, 0.25) is 0 Å². The lowest BCUT2D eigenvalue weighted by molar-refractivity contribution is 0.384. The normalized spacial score (nSPS) is 10.5. The number of aromatic nitrogens is 3. The van der Waals surface area contributed by atoms with Gasteiger partial charge in [-0.05, 0) is 55.7 Å². The van der Waals surface area contributed by atoms with Crippen LogP contribution in [0.15, 0.2) is 47.5 Å². The zero-order valence-corrected chi connectivity index (χ0v) is 15.0. The molecule has 3 aromatic rings. The first-order valence-corrected chi connectivity index (χ1v) is 8.43. The number of nitriles is 1. The summed E-state index contributed by atoms with van der Waals surface area (Å²) in [6.07, 6.45) is 1.79. The van der Waals surface area contributed by atoms with E-state index in [1.807, 2.05) is 38.2 Å². The molecule has 0 fully saturated rings. The number of rotatable bonds is 5. The van der Waals surface area contributed by atoms with Crippen molar-refractivity contribution >= 4 is 11.9 Å². The van der Waals surface area contributed by atoms with Crippen LogP contribution in [0.4, 0.5) is 0 Å². The molecule has 7 heteroatoms. The van der Waals surface area contributed by atoms with E-state index in [1.165, 1.54) is 11.9 Å². The molecule has 3 rings (SSSR count). The van der Waals surface area contributed by atoms with Gasteiger partial charge in [0, 0.05) is 11.1 Å². The number of hydrogen-bond acceptors (Lipinski definition) is 6. The van der Waals surface area contributed by atoms with E-state index in [-0.39, 0.29) is 0 Å². The fourth-order valence-corrected chi connectivity index (χ4v) is 3.05. The molecule has 2 heterocycles. The van der Waals surface area contributed by atoms with Gasteiger partial charge in [-0.2, -0.15) is 15.0 Å². The van der Waals surface area contributed by atoms with Gasteiger partial charge >= 0.3 is 0 Å². The van der Waals surface area contributed by atoms with Crippen molar-refractivity contribution in [1.82, 2.24) is 19.5 Å². The highest BCUT2D eigenvalue weighted by Crippen LogP contribution is 2.34. The average Bonchev–Trinajstić information content (AvgIpc) is 2.99. The molecule has 0 bridgehead atoms. The van der Waals surface area contributed by atoms with Crippen LogP contribution in [-0.2, 0) is 0 Å². The molecule has 126 valence electrons. The molecule has 2 aromatic heterocycles. The second kappa shape index (κ2) is 7.38. The SMILES string of the molecule is CNSc1ccc(-n2nc(C)c(-c3ccc(C#N)cc3)c2OC)nc1. The molecule has 6 nitrogen and oxygen atoms in total. The van der Waals surface area contributed by atoms with Gasteiger partial charge in [-0.15, -0.1) is 0 Å². The van der Waals surface area contributed by atoms with E-state index in [4.69, 9.17) is 10.00 Å². The van der Waals surface area contributed by atoms with Crippen molar-refractivity contribution in [2.75, 3.05) is 14.2 Å². The Hall–Kier alpha value is -2.82. The summed E-state index contributed by atoms with van der Waals surface area (Å²) in [6, 6.07) is 13.4. The summed E-state index contributed by atoms with van der Waals surface area (Å²) in [5.41, 5.74) is 3.29. The van der Waals surface area contributed by atoms with Crippen LogP contribution in [-0.4, -0.2) is 28.9 Å². The number of ether oxygens (including phenoxy) is 1. The van der Waals surface area contributed by atoms with Crippen molar-refractivity contribution in [2.45, 2.75) is 11.8 Å². The molecule has 0 saturated heterocycles. The zero-order chi connectivity index (χ0) is 17.8. The molecule has 25 heavy (non-hydrogen) atoms. The number of pyridine rings is 1. The standard InChI is InChI=1S/C18H17N5OS/c1-12-17(14-6-4-13(10-19)5-7-14)18(24-3)23(22-12)16-9-8-15(11-21-16)25-20-2/h4-9,11,20H,1-3H3. The third-order valence-electron chi connectivity index (χ3n) is 3.67. The molecule has 1 N–H and O–H groups in total. The van der Waals surface area contributed by atoms with Gasteiger partial charge < -0.3 is 4.74 Å². The van der Waals surface area contributed by atoms with Crippen LogP contribution in [0.3, 0.4) is 0 Å². The molecule has 0 radical (unpaired) electrons. The summed E-state index contributed by atoms with van der Waals surface area (Å²) in [6.45, 7) is 1.93. The van der Waals surface area contributed by atoms with E-state index in [9.17, 15) is 0 Å². The maximum absolute atomic E-state index is 8.96. The van der Waals surface area contributed by atoms with Crippen LogP contribution in [0.5, 0.6) is 5.88 Å². The summed E-state index contributed by atoms with van der Waals surface area (Å²) >= 11 is 1.50. The predicted octanol–water partition coefficient (Wildman–Crippen LogP) is 3.35. The molecule has 0 unspecified atom stereocenters. The van der Waals surface area contributed by atoms with Crippen LogP contribution >= 0.6 is 11.9 Å². The van der Waals surface area contributed by atoms with E-state index in [1.54, 1.807) is 30.1 Å². The fourth-order valence-electron chi connectivity index (χ4n) is 2.57. The highest BCUT2D eigenvalue weighted by atomic mass is 32.2. The number of aryl methyl sites for hydroxylation is 1. The monoisotopic (exact) mass is 351 g/mol. The van der Waals surface area contributed by atoms with Gasteiger partial charge in [0.05, 0.1) is 30.0 Å². The predicted molar refractivity (Wildman–Crippen MR) is 97.7 cm³/mol. The quantitative estimate of drug-likeness (QED) is 0.711. The van der Waals surface area contributed by atoms with Crippen molar-refractivity contribution in [2.24, 2.45) is 0 Å². The van der Waals surface area contributed by atoms with Crippen molar-refractivity contribution < 1.29 is 4.74 Å². The number of nitrogens with one attached hydrogen (secondary N) is 1. The summed E-state index contributed by atoms with van der Waals surface area (Å²) in [4.78, 5) is 5.48. The van der Waals surface area contributed by atoms with Gasteiger partial charge in [0.15, 0.2) is 5.82 Å². The first-order chi connectivity index (χ1) is 12.2. The smallest absolute Gasteiger partial charge is 0.226 e. The molecular formula is C18H17N5OS. The lowest BCUT2D eigenvalue weighted by Gasteiger charge is -2.08. The molecule has 0 aliphatic carbocycles. The van der Waals surface area contributed by atoms with Crippen LogP contribution in [0, 0.1) is 18.3 Å². The van der Waals surface area contributed by atoms with E-state index in [2.05, 4.69) is 20.9 Å². The van der Waals surface area contributed by atoms with Gasteiger partial charge in [-0.3, -0.25) is 4.72 Å². The Morgan fingerprint density at radius 1 is 1.20 bits per heavy atom. The molecule has 0 amide bonds. The van der Waals surface area contributed by atoms with Crippen LogP contribution < -0.4 is 9.46 Å². The Morgan fingerprint density at radius 3 is 2.52 bits per heavy atom. The van der Waals surface area contributed by atoms with Gasteiger partial charge in [0.2, 0.25) is 5.88 Å². The Kier molecular flexibility index (Phi) is 5.03. The lowest BCUT2D eigenvalue weighted by atomic mass is 10.0. The molecule has 1 aromatic carbocycles. The summed E-state index contributed by atoms with van der Waals surface area (Å²) in [7, 11) is 3.48. The second-order valence-corrected chi connectivity index (χ2v) is 6.31. The maximum atomic E-state index is 8.96. The molecule has 0 spiro atoms. The van der Waals surface area contributed by atoms with Crippen molar-refractivity contribution in [3.63, 3.8) is 0 Å². The Labute approximate surface area is 150 Å². The molecule has 0 aliphatic heterocycles. The second-order valence-electron chi connectivity index (χ2n) is 5.23. The number of hydrogen-bond donors (Lipinski definition) is 1. The highest BCUT2D eigenvalue weighted by Gasteiger charge is 2.19. The Balaban J connectivity index is 2.05. The maximum Gasteiger partial charge on any atom is 0.226 e. The van der Waals surface area contributed by atoms with Crippen molar-refractivity contribution in [1.29, 1.82) is 5.26 Å². The summed E-state index contributed by atoms with van der Waals surface area (Å²) < 4.78 is 10.3.